The van der Waals surface area contributed by atoms with Crippen molar-refractivity contribution in [2.75, 3.05) is 16.8 Å². The van der Waals surface area contributed by atoms with Gasteiger partial charge in [0.1, 0.15) is 0 Å². The molecule has 0 spiro atoms. The van der Waals surface area contributed by atoms with Crippen molar-refractivity contribution in [3.05, 3.63) is 23.8 Å². The molecular formula is C14H15N3O. The van der Waals surface area contributed by atoms with E-state index in [1.54, 1.807) is 6.07 Å². The van der Waals surface area contributed by atoms with E-state index in [-0.39, 0.29) is 5.91 Å². The van der Waals surface area contributed by atoms with Crippen molar-refractivity contribution in [1.29, 1.82) is 5.26 Å². The number of benzene rings is 1. The standard InChI is InChI=1S/C14H15N3O/c15-8-10-5-6-13-12(7-10)16-14(18)9-17(13)11-3-1-2-4-11/h5-7,11H,1-4,9H2,(H,16,18). The number of nitriles is 1. The molecule has 2 aliphatic rings. The van der Waals surface area contributed by atoms with Gasteiger partial charge in [-0.3, -0.25) is 4.79 Å². The number of carbonyl (C=O) groups excluding carboxylic acids is 1. The molecule has 1 heterocycles. The van der Waals surface area contributed by atoms with Crippen LogP contribution in [0.1, 0.15) is 31.2 Å². The third-order valence-corrected chi connectivity index (χ3v) is 3.79. The van der Waals surface area contributed by atoms with Gasteiger partial charge in [0.25, 0.3) is 0 Å². The van der Waals surface area contributed by atoms with Crippen LogP contribution < -0.4 is 10.2 Å². The van der Waals surface area contributed by atoms with E-state index in [9.17, 15) is 4.79 Å². The van der Waals surface area contributed by atoms with Gasteiger partial charge in [0.2, 0.25) is 5.91 Å². The fourth-order valence-electron chi connectivity index (χ4n) is 2.93. The van der Waals surface area contributed by atoms with Crippen molar-refractivity contribution in [3.63, 3.8) is 0 Å². The van der Waals surface area contributed by atoms with Gasteiger partial charge in [-0.25, -0.2) is 0 Å². The van der Waals surface area contributed by atoms with Crippen LogP contribution in [0, 0.1) is 11.3 Å². The Kier molecular flexibility index (Phi) is 2.67. The third-order valence-electron chi connectivity index (χ3n) is 3.79. The number of amides is 1. The predicted octanol–water partition coefficient (Wildman–Crippen LogP) is 2.26. The summed E-state index contributed by atoms with van der Waals surface area (Å²) in [6.07, 6.45) is 4.81. The molecule has 92 valence electrons. The molecule has 0 atom stereocenters. The third kappa shape index (κ3) is 1.82. The summed E-state index contributed by atoms with van der Waals surface area (Å²) in [6, 6.07) is 8.11. The summed E-state index contributed by atoms with van der Waals surface area (Å²) in [5, 5.41) is 11.8. The number of hydrogen-bond donors (Lipinski definition) is 1. The zero-order valence-electron chi connectivity index (χ0n) is 10.1. The zero-order valence-corrected chi connectivity index (χ0v) is 10.1. The van der Waals surface area contributed by atoms with Gasteiger partial charge in [0.05, 0.1) is 29.6 Å². The summed E-state index contributed by atoms with van der Waals surface area (Å²) in [4.78, 5) is 14.0. The van der Waals surface area contributed by atoms with E-state index < -0.39 is 0 Å². The number of fused-ring (bicyclic) bond motifs is 1. The molecule has 4 heteroatoms. The van der Waals surface area contributed by atoms with Crippen molar-refractivity contribution in [3.8, 4) is 6.07 Å². The number of rotatable bonds is 1. The van der Waals surface area contributed by atoms with Crippen LogP contribution in [-0.4, -0.2) is 18.5 Å². The summed E-state index contributed by atoms with van der Waals surface area (Å²) in [5.74, 6) is 0.0180. The molecule has 0 bridgehead atoms. The van der Waals surface area contributed by atoms with Gasteiger partial charge in [-0.15, -0.1) is 0 Å². The monoisotopic (exact) mass is 241 g/mol. The number of carbonyl (C=O) groups is 1. The van der Waals surface area contributed by atoms with E-state index in [2.05, 4.69) is 16.3 Å². The number of nitrogens with one attached hydrogen (secondary N) is 1. The summed E-state index contributed by atoms with van der Waals surface area (Å²) in [7, 11) is 0. The average molecular weight is 241 g/mol. The van der Waals surface area contributed by atoms with Gasteiger partial charge in [-0.05, 0) is 31.0 Å². The van der Waals surface area contributed by atoms with Crippen LogP contribution >= 0.6 is 0 Å². The molecule has 1 aliphatic heterocycles. The van der Waals surface area contributed by atoms with E-state index in [0.29, 0.717) is 18.2 Å². The smallest absolute Gasteiger partial charge is 0.243 e. The van der Waals surface area contributed by atoms with E-state index in [0.717, 1.165) is 24.2 Å². The van der Waals surface area contributed by atoms with Crippen LogP contribution in [0.25, 0.3) is 0 Å². The normalized spacial score (nSPS) is 19.3. The number of nitrogens with zero attached hydrogens (tertiary/aromatic N) is 2. The highest BCUT2D eigenvalue weighted by atomic mass is 16.2. The zero-order chi connectivity index (χ0) is 12.5. The van der Waals surface area contributed by atoms with Crippen molar-refractivity contribution < 1.29 is 4.79 Å². The lowest BCUT2D eigenvalue weighted by atomic mass is 10.1. The quantitative estimate of drug-likeness (QED) is 0.820. The van der Waals surface area contributed by atoms with Gasteiger partial charge >= 0.3 is 0 Å². The fraction of sp³-hybridized carbons (Fsp3) is 0.429. The molecule has 0 unspecified atom stereocenters. The Balaban J connectivity index is 1.99. The molecule has 1 fully saturated rings. The van der Waals surface area contributed by atoms with Gasteiger partial charge in [0.15, 0.2) is 0 Å². The maximum Gasteiger partial charge on any atom is 0.243 e. The number of hydrogen-bond acceptors (Lipinski definition) is 3. The Bertz CT molecular complexity index is 526. The lowest BCUT2D eigenvalue weighted by Crippen LogP contribution is -2.43. The van der Waals surface area contributed by atoms with Crippen molar-refractivity contribution >= 4 is 17.3 Å². The molecule has 0 aromatic heterocycles. The maximum atomic E-state index is 11.8. The molecule has 18 heavy (non-hydrogen) atoms. The second kappa shape index (κ2) is 4.34. The lowest BCUT2D eigenvalue weighted by molar-refractivity contribution is -0.115. The van der Waals surface area contributed by atoms with Gasteiger partial charge in [0, 0.05) is 6.04 Å². The fourth-order valence-corrected chi connectivity index (χ4v) is 2.93. The maximum absolute atomic E-state index is 11.8. The first-order chi connectivity index (χ1) is 8.78. The molecule has 1 aromatic carbocycles. The second-order valence-electron chi connectivity index (χ2n) is 4.96. The molecule has 1 N–H and O–H groups in total. The van der Waals surface area contributed by atoms with Gasteiger partial charge in [-0.1, -0.05) is 12.8 Å². The Hall–Kier alpha value is -2.02. The molecule has 4 nitrogen and oxygen atoms in total. The second-order valence-corrected chi connectivity index (χ2v) is 4.96. The molecule has 1 amide bonds. The van der Waals surface area contributed by atoms with Crippen LogP contribution in [0.4, 0.5) is 11.4 Å². The minimum atomic E-state index is 0.0180. The molecule has 3 rings (SSSR count). The van der Waals surface area contributed by atoms with Gasteiger partial charge < -0.3 is 10.2 Å². The van der Waals surface area contributed by atoms with Crippen molar-refractivity contribution in [2.24, 2.45) is 0 Å². The minimum absolute atomic E-state index is 0.0180. The first-order valence-corrected chi connectivity index (χ1v) is 6.38. The largest absolute Gasteiger partial charge is 0.358 e. The Morgan fingerprint density at radius 3 is 2.83 bits per heavy atom. The molecule has 0 saturated heterocycles. The minimum Gasteiger partial charge on any atom is -0.358 e. The van der Waals surface area contributed by atoms with Crippen LogP contribution in [0.3, 0.4) is 0 Å². The Morgan fingerprint density at radius 2 is 2.11 bits per heavy atom. The molecular weight excluding hydrogens is 226 g/mol. The summed E-state index contributed by atoms with van der Waals surface area (Å²) >= 11 is 0. The van der Waals surface area contributed by atoms with Crippen LogP contribution in [-0.2, 0) is 4.79 Å². The predicted molar refractivity (Wildman–Crippen MR) is 69.4 cm³/mol. The van der Waals surface area contributed by atoms with Gasteiger partial charge in [-0.2, -0.15) is 5.26 Å². The van der Waals surface area contributed by atoms with Crippen molar-refractivity contribution in [1.82, 2.24) is 0 Å². The Labute approximate surface area is 106 Å². The summed E-state index contributed by atoms with van der Waals surface area (Å²) in [5.41, 5.74) is 2.42. The number of anilines is 2. The topological polar surface area (TPSA) is 56.1 Å². The highest BCUT2D eigenvalue weighted by Gasteiger charge is 2.29. The van der Waals surface area contributed by atoms with E-state index in [1.807, 2.05) is 12.1 Å². The SMILES string of the molecule is N#Cc1ccc2c(c1)NC(=O)CN2C1CCCC1. The Morgan fingerprint density at radius 1 is 1.33 bits per heavy atom. The summed E-state index contributed by atoms with van der Waals surface area (Å²) in [6.45, 7) is 0.434. The highest BCUT2D eigenvalue weighted by molar-refractivity contribution is 6.01. The first-order valence-electron chi connectivity index (χ1n) is 6.38. The van der Waals surface area contributed by atoms with E-state index in [1.165, 1.54) is 12.8 Å². The molecule has 0 radical (unpaired) electrons. The van der Waals surface area contributed by atoms with Crippen molar-refractivity contribution in [2.45, 2.75) is 31.7 Å². The van der Waals surface area contributed by atoms with Crippen LogP contribution in [0.2, 0.25) is 0 Å². The molecule has 1 saturated carbocycles. The molecule has 1 aliphatic carbocycles. The lowest BCUT2D eigenvalue weighted by Gasteiger charge is -2.35. The molecule has 1 aromatic rings. The average Bonchev–Trinajstić information content (AvgIpc) is 2.90. The van der Waals surface area contributed by atoms with Crippen LogP contribution in [0.5, 0.6) is 0 Å². The first kappa shape index (κ1) is 11.1. The van der Waals surface area contributed by atoms with E-state index in [4.69, 9.17) is 5.26 Å². The summed E-state index contributed by atoms with van der Waals surface area (Å²) < 4.78 is 0. The highest BCUT2D eigenvalue weighted by Crippen LogP contribution is 2.35. The van der Waals surface area contributed by atoms with Crippen LogP contribution in [0.15, 0.2) is 18.2 Å². The van der Waals surface area contributed by atoms with E-state index >= 15 is 0 Å².